The summed E-state index contributed by atoms with van der Waals surface area (Å²) in [6, 6.07) is 10.1. The Balaban J connectivity index is 1.39. The van der Waals surface area contributed by atoms with Crippen molar-refractivity contribution < 1.29 is 32.2 Å². The van der Waals surface area contributed by atoms with Gasteiger partial charge in [0.25, 0.3) is 0 Å². The molecule has 0 spiro atoms. The lowest BCUT2D eigenvalue weighted by Crippen LogP contribution is -2.21. The van der Waals surface area contributed by atoms with Crippen LogP contribution in [0.3, 0.4) is 0 Å². The summed E-state index contributed by atoms with van der Waals surface area (Å²) in [4.78, 5) is 26.9. The quantitative estimate of drug-likeness (QED) is 0.209. The summed E-state index contributed by atoms with van der Waals surface area (Å²) < 4.78 is 57.6. The number of aromatic nitrogens is 3. The second-order valence-corrected chi connectivity index (χ2v) is 9.59. The molecule has 2 heterocycles. The van der Waals surface area contributed by atoms with Gasteiger partial charge in [-0.15, -0.1) is 0 Å². The molecular weight excluding hydrogens is 565 g/mol. The van der Waals surface area contributed by atoms with Gasteiger partial charge in [-0.1, -0.05) is 6.07 Å². The summed E-state index contributed by atoms with van der Waals surface area (Å²) in [6.45, 7) is 2.71. The molecule has 0 unspecified atom stereocenters. The summed E-state index contributed by atoms with van der Waals surface area (Å²) in [5, 5.41) is 4.94. The van der Waals surface area contributed by atoms with Crippen LogP contribution in [0.4, 0.5) is 29.3 Å². The number of amides is 2. The molecule has 0 saturated carbocycles. The van der Waals surface area contributed by atoms with Gasteiger partial charge in [0.05, 0.1) is 43.6 Å². The zero-order valence-corrected chi connectivity index (χ0v) is 24.0. The molecule has 2 aromatic carbocycles. The molecule has 0 bridgehead atoms. The lowest BCUT2D eigenvalue weighted by Gasteiger charge is -2.18. The first-order valence-electron chi connectivity index (χ1n) is 13.2. The molecule has 0 aliphatic carbocycles. The molecule has 2 amide bonds. The van der Waals surface area contributed by atoms with E-state index in [1.807, 2.05) is 19.1 Å². The van der Waals surface area contributed by atoms with Gasteiger partial charge in [-0.2, -0.15) is 13.2 Å². The zero-order chi connectivity index (χ0) is 31.0. The summed E-state index contributed by atoms with van der Waals surface area (Å²) in [5.74, 6) is 2.14. The average Bonchev–Trinajstić information content (AvgIpc) is 2.97. The maximum Gasteiger partial charge on any atom is 0.416 e. The fourth-order valence-corrected chi connectivity index (χ4v) is 4.08. The number of carbonyl (C=O) groups is 1. The third-order valence-electron chi connectivity index (χ3n) is 6.01. The number of anilines is 2. The number of methoxy groups -OCH3 is 1. The van der Waals surface area contributed by atoms with E-state index >= 15 is 0 Å². The topological polar surface area (TPSA) is 111 Å². The highest BCUT2D eigenvalue weighted by Crippen LogP contribution is 2.34. The minimum absolute atomic E-state index is 0.00391. The van der Waals surface area contributed by atoms with Gasteiger partial charge in [0.15, 0.2) is 5.82 Å². The van der Waals surface area contributed by atoms with Crippen molar-refractivity contribution >= 4 is 17.4 Å². The molecule has 0 radical (unpaired) electrons. The SMILES string of the molecule is CCOc1cc(OC)ccc1COc1cncc(-c2ncc(NC(=O)Nc3ccc(CN(C)C)c(C(F)(F)F)c3)cn2)c1. The van der Waals surface area contributed by atoms with Crippen molar-refractivity contribution in [1.29, 1.82) is 0 Å². The molecule has 4 aromatic rings. The second kappa shape index (κ2) is 13.8. The normalized spacial score (nSPS) is 11.3. The van der Waals surface area contributed by atoms with E-state index < -0.39 is 17.8 Å². The van der Waals surface area contributed by atoms with E-state index in [0.717, 1.165) is 11.6 Å². The standard InChI is InChI=1S/C30H31F3N6O4/c1-5-42-27-12-24(41-4)9-7-20(27)18-43-25-10-21(13-34-16-25)28-35-14-23(15-36-28)38-29(40)37-22-8-6-19(17-39(2)3)26(11-22)30(31,32)33/h6-16H,5,17-18H2,1-4H3,(H2,37,38,40). The first kappa shape index (κ1) is 31.0. The molecule has 43 heavy (non-hydrogen) atoms. The van der Waals surface area contributed by atoms with Crippen molar-refractivity contribution in [1.82, 2.24) is 19.9 Å². The minimum atomic E-state index is -4.57. The van der Waals surface area contributed by atoms with Crippen molar-refractivity contribution in [2.75, 3.05) is 38.4 Å². The number of ether oxygens (including phenoxy) is 3. The molecule has 0 saturated heterocycles. The van der Waals surface area contributed by atoms with Crippen LogP contribution in [0, 0.1) is 0 Å². The molecular formula is C30H31F3N6O4. The summed E-state index contributed by atoms with van der Waals surface area (Å²) in [6.07, 6.45) is 1.32. The average molecular weight is 597 g/mol. The van der Waals surface area contributed by atoms with Crippen LogP contribution in [0.15, 0.2) is 67.3 Å². The molecule has 13 heteroatoms. The van der Waals surface area contributed by atoms with Crippen molar-refractivity contribution in [3.63, 3.8) is 0 Å². The minimum Gasteiger partial charge on any atom is -0.497 e. The largest absolute Gasteiger partial charge is 0.497 e. The lowest BCUT2D eigenvalue weighted by atomic mass is 10.1. The van der Waals surface area contributed by atoms with Crippen LogP contribution < -0.4 is 24.8 Å². The fourth-order valence-electron chi connectivity index (χ4n) is 4.08. The smallest absolute Gasteiger partial charge is 0.416 e. The van der Waals surface area contributed by atoms with Crippen LogP contribution >= 0.6 is 0 Å². The molecule has 0 aliphatic heterocycles. The molecule has 226 valence electrons. The van der Waals surface area contributed by atoms with E-state index in [9.17, 15) is 18.0 Å². The van der Waals surface area contributed by atoms with Gasteiger partial charge < -0.3 is 29.7 Å². The molecule has 2 aromatic heterocycles. The Bertz CT molecular complexity index is 1550. The molecule has 0 fully saturated rings. The Morgan fingerprint density at radius 1 is 0.884 bits per heavy atom. The Morgan fingerprint density at radius 2 is 1.60 bits per heavy atom. The van der Waals surface area contributed by atoms with E-state index in [2.05, 4.69) is 25.6 Å². The van der Waals surface area contributed by atoms with Gasteiger partial charge in [0, 0.05) is 35.6 Å². The zero-order valence-electron chi connectivity index (χ0n) is 24.0. The monoisotopic (exact) mass is 596 g/mol. The molecule has 10 nitrogen and oxygen atoms in total. The first-order valence-corrected chi connectivity index (χ1v) is 13.2. The van der Waals surface area contributed by atoms with Crippen LogP contribution in [0.5, 0.6) is 17.2 Å². The third-order valence-corrected chi connectivity index (χ3v) is 6.01. The molecule has 4 rings (SSSR count). The van der Waals surface area contributed by atoms with E-state index in [0.29, 0.717) is 35.2 Å². The number of rotatable bonds is 11. The number of halogens is 3. The number of alkyl halides is 3. The summed E-state index contributed by atoms with van der Waals surface area (Å²) >= 11 is 0. The number of urea groups is 1. The Hall–Kier alpha value is -4.91. The summed E-state index contributed by atoms with van der Waals surface area (Å²) in [7, 11) is 4.94. The van der Waals surface area contributed by atoms with Crippen LogP contribution in [0.1, 0.15) is 23.6 Å². The van der Waals surface area contributed by atoms with Crippen molar-refractivity contribution in [3.8, 4) is 28.6 Å². The van der Waals surface area contributed by atoms with Crippen molar-refractivity contribution in [2.24, 2.45) is 0 Å². The van der Waals surface area contributed by atoms with Crippen LogP contribution in [-0.4, -0.2) is 53.7 Å². The number of hydrogen-bond acceptors (Lipinski definition) is 8. The van der Waals surface area contributed by atoms with Gasteiger partial charge in [-0.25, -0.2) is 14.8 Å². The molecule has 0 aliphatic rings. The van der Waals surface area contributed by atoms with Crippen molar-refractivity contribution in [3.05, 3.63) is 83.9 Å². The van der Waals surface area contributed by atoms with E-state index in [1.165, 1.54) is 24.5 Å². The number of nitrogens with one attached hydrogen (secondary N) is 2. The number of benzene rings is 2. The Labute approximate surface area is 246 Å². The van der Waals surface area contributed by atoms with E-state index in [1.54, 1.807) is 50.6 Å². The van der Waals surface area contributed by atoms with Gasteiger partial charge in [-0.05, 0) is 56.9 Å². The number of nitrogens with zero attached hydrogens (tertiary/aromatic N) is 4. The van der Waals surface area contributed by atoms with E-state index in [-0.39, 0.29) is 30.1 Å². The Kier molecular flexibility index (Phi) is 9.99. The third kappa shape index (κ3) is 8.55. The van der Waals surface area contributed by atoms with Crippen LogP contribution in [-0.2, 0) is 19.3 Å². The van der Waals surface area contributed by atoms with Crippen molar-refractivity contribution in [2.45, 2.75) is 26.3 Å². The number of hydrogen-bond donors (Lipinski definition) is 2. The van der Waals surface area contributed by atoms with Gasteiger partial charge in [-0.3, -0.25) is 4.98 Å². The number of pyridine rings is 1. The predicted molar refractivity (Wildman–Crippen MR) is 155 cm³/mol. The van der Waals surface area contributed by atoms with Gasteiger partial charge in [0.1, 0.15) is 23.9 Å². The van der Waals surface area contributed by atoms with Crippen LogP contribution in [0.2, 0.25) is 0 Å². The lowest BCUT2D eigenvalue weighted by molar-refractivity contribution is -0.138. The highest BCUT2D eigenvalue weighted by Gasteiger charge is 2.33. The number of carbonyl (C=O) groups excluding carboxylic acids is 1. The fraction of sp³-hybridized carbons (Fsp3) is 0.267. The van der Waals surface area contributed by atoms with Gasteiger partial charge >= 0.3 is 12.2 Å². The highest BCUT2D eigenvalue weighted by molar-refractivity contribution is 5.99. The highest BCUT2D eigenvalue weighted by atomic mass is 19.4. The first-order chi connectivity index (χ1) is 20.5. The van der Waals surface area contributed by atoms with Crippen LogP contribution in [0.25, 0.3) is 11.4 Å². The van der Waals surface area contributed by atoms with Gasteiger partial charge in [0.2, 0.25) is 0 Å². The second-order valence-electron chi connectivity index (χ2n) is 9.59. The summed E-state index contributed by atoms with van der Waals surface area (Å²) in [5.41, 5.74) is 0.932. The molecule has 0 atom stereocenters. The predicted octanol–water partition coefficient (Wildman–Crippen LogP) is 6.25. The molecule has 2 N–H and O–H groups in total. The van der Waals surface area contributed by atoms with E-state index in [4.69, 9.17) is 14.2 Å². The maximum atomic E-state index is 13.6. The maximum absolute atomic E-state index is 13.6. The Morgan fingerprint density at radius 3 is 2.28 bits per heavy atom.